The van der Waals surface area contributed by atoms with Crippen molar-refractivity contribution in [3.05, 3.63) is 92.8 Å². The number of amides is 1. The molecular formula is C27H27BrN2O3. The number of fused-ring (bicyclic) bond motifs is 1. The molecule has 3 heterocycles. The van der Waals surface area contributed by atoms with Crippen molar-refractivity contribution in [2.45, 2.75) is 50.3 Å². The highest BCUT2D eigenvalue weighted by Gasteiger charge is 2.34. The molecule has 3 aromatic rings. The molecule has 1 aromatic heterocycles. The molecule has 1 N–H and O–H groups in total. The van der Waals surface area contributed by atoms with Crippen molar-refractivity contribution in [3.8, 4) is 11.1 Å². The molecule has 0 unspecified atom stereocenters. The standard InChI is InChI=1S/C27H27BrN2O3/c28-22-13-11-21-12-14-23(29-26(31)25-10-5-15-33-25)24(30(21)27(22)32)17-18-6-4-9-20(16-18)19-7-2-1-3-8-19/h1-4,6-9,11,13,16,23-25H,5,10,12,14-15,17H2,(H,29,31)/t23-,24-,25-/m0/s1. The van der Waals surface area contributed by atoms with E-state index < -0.39 is 0 Å². The van der Waals surface area contributed by atoms with Crippen molar-refractivity contribution >= 4 is 21.8 Å². The summed E-state index contributed by atoms with van der Waals surface area (Å²) < 4.78 is 8.02. The highest BCUT2D eigenvalue weighted by atomic mass is 79.9. The Bertz CT molecular complexity index is 1200. The predicted molar refractivity (Wildman–Crippen MR) is 132 cm³/mol. The maximum atomic E-state index is 13.2. The minimum atomic E-state index is -0.382. The molecule has 0 saturated carbocycles. The van der Waals surface area contributed by atoms with Crippen molar-refractivity contribution in [2.75, 3.05) is 6.61 Å². The van der Waals surface area contributed by atoms with Gasteiger partial charge >= 0.3 is 0 Å². The lowest BCUT2D eigenvalue weighted by Crippen LogP contribution is -2.50. The van der Waals surface area contributed by atoms with Gasteiger partial charge in [0.25, 0.3) is 5.56 Å². The van der Waals surface area contributed by atoms with Crippen LogP contribution in [0.15, 0.2) is 76.0 Å². The summed E-state index contributed by atoms with van der Waals surface area (Å²) in [4.78, 5) is 26.1. The van der Waals surface area contributed by atoms with Crippen molar-refractivity contribution < 1.29 is 9.53 Å². The Morgan fingerprint density at radius 3 is 2.64 bits per heavy atom. The molecule has 3 atom stereocenters. The van der Waals surface area contributed by atoms with Crippen LogP contribution in [0, 0.1) is 0 Å². The van der Waals surface area contributed by atoms with Crippen molar-refractivity contribution in [2.24, 2.45) is 0 Å². The van der Waals surface area contributed by atoms with Gasteiger partial charge in [0.2, 0.25) is 5.91 Å². The van der Waals surface area contributed by atoms with Crippen LogP contribution >= 0.6 is 15.9 Å². The van der Waals surface area contributed by atoms with E-state index in [1.165, 1.54) is 0 Å². The van der Waals surface area contributed by atoms with E-state index in [1.807, 2.05) is 34.9 Å². The number of aromatic nitrogens is 1. The smallest absolute Gasteiger partial charge is 0.265 e. The first-order valence-corrected chi connectivity index (χ1v) is 12.4. The van der Waals surface area contributed by atoms with E-state index >= 15 is 0 Å². The third-order valence-electron chi connectivity index (χ3n) is 6.69. The highest BCUT2D eigenvalue weighted by Crippen LogP contribution is 2.30. The zero-order valence-electron chi connectivity index (χ0n) is 18.4. The minimum Gasteiger partial charge on any atom is -0.368 e. The van der Waals surface area contributed by atoms with Crippen molar-refractivity contribution in [3.63, 3.8) is 0 Å². The Morgan fingerprint density at radius 2 is 1.85 bits per heavy atom. The fraction of sp³-hybridized carbons (Fsp3) is 0.333. The highest BCUT2D eigenvalue weighted by molar-refractivity contribution is 9.10. The van der Waals surface area contributed by atoms with Gasteiger partial charge in [-0.15, -0.1) is 0 Å². The van der Waals surface area contributed by atoms with E-state index in [-0.39, 0.29) is 29.7 Å². The molecule has 0 bridgehead atoms. The fourth-order valence-corrected chi connectivity index (χ4v) is 5.34. The van der Waals surface area contributed by atoms with Gasteiger partial charge in [0, 0.05) is 12.3 Å². The van der Waals surface area contributed by atoms with Crippen molar-refractivity contribution in [1.29, 1.82) is 0 Å². The number of benzene rings is 2. The molecule has 0 spiro atoms. The number of carbonyl (C=O) groups is 1. The van der Waals surface area contributed by atoms with E-state index in [9.17, 15) is 9.59 Å². The summed E-state index contributed by atoms with van der Waals surface area (Å²) in [6.45, 7) is 0.633. The molecule has 6 heteroatoms. The minimum absolute atomic E-state index is 0.0484. The molecule has 2 aliphatic heterocycles. The van der Waals surface area contributed by atoms with Gasteiger partial charge < -0.3 is 14.6 Å². The molecule has 170 valence electrons. The van der Waals surface area contributed by atoms with E-state index in [0.29, 0.717) is 17.5 Å². The number of pyridine rings is 1. The molecule has 2 aromatic carbocycles. The zero-order chi connectivity index (χ0) is 22.8. The topological polar surface area (TPSA) is 60.3 Å². The average molecular weight is 507 g/mol. The van der Waals surface area contributed by atoms with Crippen LogP contribution in [0.4, 0.5) is 0 Å². The maximum Gasteiger partial charge on any atom is 0.265 e. The van der Waals surface area contributed by atoms with Gasteiger partial charge in [0.05, 0.1) is 16.6 Å². The second kappa shape index (κ2) is 9.65. The lowest BCUT2D eigenvalue weighted by atomic mass is 9.89. The second-order valence-electron chi connectivity index (χ2n) is 8.84. The monoisotopic (exact) mass is 506 g/mol. The number of ether oxygens (including phenoxy) is 1. The molecule has 0 radical (unpaired) electrons. The number of nitrogens with one attached hydrogen (secondary N) is 1. The van der Waals surface area contributed by atoms with Gasteiger partial charge in [-0.2, -0.15) is 0 Å². The molecule has 5 nitrogen and oxygen atoms in total. The number of carbonyl (C=O) groups excluding carboxylic acids is 1. The summed E-state index contributed by atoms with van der Waals surface area (Å²) in [5.74, 6) is -0.0629. The van der Waals surface area contributed by atoms with Gasteiger partial charge in [-0.05, 0) is 76.9 Å². The van der Waals surface area contributed by atoms with Crippen LogP contribution in [0.25, 0.3) is 11.1 Å². The molecule has 1 amide bonds. The van der Waals surface area contributed by atoms with Crippen LogP contribution in [0.1, 0.15) is 36.6 Å². The van der Waals surface area contributed by atoms with Gasteiger partial charge in [-0.25, -0.2) is 0 Å². The molecule has 2 aliphatic rings. The summed E-state index contributed by atoms with van der Waals surface area (Å²) in [7, 11) is 0. The summed E-state index contributed by atoms with van der Waals surface area (Å²) in [6.07, 6.45) is 3.48. The second-order valence-corrected chi connectivity index (χ2v) is 9.70. The number of hydrogen-bond donors (Lipinski definition) is 1. The maximum absolute atomic E-state index is 13.2. The first kappa shape index (κ1) is 22.1. The number of rotatable bonds is 5. The van der Waals surface area contributed by atoms with E-state index in [0.717, 1.165) is 48.1 Å². The molecule has 5 rings (SSSR count). The van der Waals surface area contributed by atoms with Gasteiger partial charge in [-0.1, -0.05) is 54.6 Å². The Hall–Kier alpha value is -2.70. The Labute approximate surface area is 201 Å². The predicted octanol–water partition coefficient (Wildman–Crippen LogP) is 4.67. The fourth-order valence-electron chi connectivity index (χ4n) is 5.02. The van der Waals surface area contributed by atoms with Gasteiger partial charge in [-0.3, -0.25) is 9.59 Å². The Kier molecular flexibility index (Phi) is 6.47. The first-order chi connectivity index (χ1) is 16.1. The summed E-state index contributed by atoms with van der Waals surface area (Å²) >= 11 is 3.41. The Morgan fingerprint density at radius 1 is 1.03 bits per heavy atom. The molecular weight excluding hydrogens is 480 g/mol. The lowest BCUT2D eigenvalue weighted by Gasteiger charge is -2.36. The van der Waals surface area contributed by atoms with Crippen LogP contribution in [0.3, 0.4) is 0 Å². The van der Waals surface area contributed by atoms with Crippen LogP contribution < -0.4 is 10.9 Å². The molecule has 0 aliphatic carbocycles. The lowest BCUT2D eigenvalue weighted by molar-refractivity contribution is -0.131. The number of halogens is 1. The van der Waals surface area contributed by atoms with Gasteiger partial charge in [0.15, 0.2) is 0 Å². The summed E-state index contributed by atoms with van der Waals surface area (Å²) in [5.41, 5.74) is 4.40. The molecule has 1 saturated heterocycles. The zero-order valence-corrected chi connectivity index (χ0v) is 20.0. The van der Waals surface area contributed by atoms with Crippen LogP contribution in [-0.2, 0) is 22.4 Å². The summed E-state index contributed by atoms with van der Waals surface area (Å²) in [5, 5.41) is 3.23. The number of hydrogen-bond acceptors (Lipinski definition) is 3. The largest absolute Gasteiger partial charge is 0.368 e. The molecule has 33 heavy (non-hydrogen) atoms. The van der Waals surface area contributed by atoms with Crippen molar-refractivity contribution in [1.82, 2.24) is 9.88 Å². The Balaban J connectivity index is 1.48. The van der Waals surface area contributed by atoms with E-state index in [1.54, 1.807) is 0 Å². The first-order valence-electron chi connectivity index (χ1n) is 11.6. The average Bonchev–Trinajstić information content (AvgIpc) is 3.39. The van der Waals surface area contributed by atoms with E-state index in [4.69, 9.17) is 4.74 Å². The van der Waals surface area contributed by atoms with Crippen LogP contribution in [0.5, 0.6) is 0 Å². The number of aryl methyl sites for hydroxylation is 1. The SMILES string of the molecule is O=C(N[C@H]1CCc2ccc(Br)c(=O)n2[C@H]1Cc1cccc(-c2ccccc2)c1)[C@@H]1CCCO1. The molecule has 1 fully saturated rings. The van der Waals surface area contributed by atoms with E-state index in [2.05, 4.69) is 57.6 Å². The van der Waals surface area contributed by atoms with Crippen LogP contribution in [0.2, 0.25) is 0 Å². The number of nitrogens with zero attached hydrogens (tertiary/aromatic N) is 1. The third kappa shape index (κ3) is 4.68. The normalized spacial score (nSPS) is 22.0. The quantitative estimate of drug-likeness (QED) is 0.546. The third-order valence-corrected chi connectivity index (χ3v) is 7.29. The summed E-state index contributed by atoms with van der Waals surface area (Å²) in [6, 6.07) is 22.3. The van der Waals surface area contributed by atoms with Crippen LogP contribution in [-0.4, -0.2) is 29.2 Å². The van der Waals surface area contributed by atoms with Gasteiger partial charge in [0.1, 0.15) is 6.10 Å².